The summed E-state index contributed by atoms with van der Waals surface area (Å²) in [4.78, 5) is 13.5. The zero-order chi connectivity index (χ0) is 14.9. The third kappa shape index (κ3) is 2.84. The maximum absolute atomic E-state index is 12.1. The van der Waals surface area contributed by atoms with Crippen LogP contribution in [0.2, 0.25) is 0 Å². The van der Waals surface area contributed by atoms with Gasteiger partial charge in [0.2, 0.25) is 0 Å². The number of hydrogen-bond acceptors (Lipinski definition) is 2. The first-order valence-corrected chi connectivity index (χ1v) is 8.17. The van der Waals surface area contributed by atoms with E-state index in [2.05, 4.69) is 22.9 Å². The van der Waals surface area contributed by atoms with E-state index in [1.807, 2.05) is 19.9 Å². The van der Waals surface area contributed by atoms with Crippen molar-refractivity contribution in [2.24, 2.45) is 0 Å². The van der Waals surface area contributed by atoms with Crippen LogP contribution < -0.4 is 0 Å². The minimum Gasteiger partial charge on any atom is -0.343 e. The van der Waals surface area contributed by atoms with Gasteiger partial charge in [-0.25, -0.2) is 0 Å². The van der Waals surface area contributed by atoms with Gasteiger partial charge in [0.1, 0.15) is 0 Å². The molecule has 2 aromatic rings. The molecule has 2 nitrogen and oxygen atoms in total. The average molecular weight is 310 g/mol. The minimum absolute atomic E-state index is 0.00733. The maximum atomic E-state index is 12.1. The van der Waals surface area contributed by atoms with Gasteiger partial charge in [-0.15, -0.1) is 22.9 Å². The fourth-order valence-corrected chi connectivity index (χ4v) is 3.55. The van der Waals surface area contributed by atoms with E-state index in [9.17, 15) is 4.79 Å². The van der Waals surface area contributed by atoms with E-state index in [-0.39, 0.29) is 5.78 Å². The Morgan fingerprint density at radius 3 is 2.75 bits per heavy atom. The summed E-state index contributed by atoms with van der Waals surface area (Å²) in [5.41, 5.74) is 4.26. The number of nitrogens with zero attached hydrogens (tertiary/aromatic N) is 1. The van der Waals surface area contributed by atoms with Gasteiger partial charge in [0, 0.05) is 21.8 Å². The van der Waals surface area contributed by atoms with Gasteiger partial charge in [0.25, 0.3) is 0 Å². The number of aromatic nitrogens is 1. The lowest BCUT2D eigenvalue weighted by molar-refractivity contribution is 0.0991. The van der Waals surface area contributed by atoms with Crippen LogP contribution in [0, 0.1) is 13.8 Å². The summed E-state index contributed by atoms with van der Waals surface area (Å²) in [6.07, 6.45) is 1.04. The highest BCUT2D eigenvalue weighted by molar-refractivity contribution is 7.10. The Morgan fingerprint density at radius 1 is 1.45 bits per heavy atom. The van der Waals surface area contributed by atoms with Crippen LogP contribution in [0.15, 0.2) is 17.5 Å². The molecule has 0 aliphatic heterocycles. The second-order valence-corrected chi connectivity index (χ2v) is 6.73. The van der Waals surface area contributed by atoms with Crippen LogP contribution in [-0.2, 0) is 13.0 Å². The quantitative estimate of drug-likeness (QED) is 0.585. The highest BCUT2D eigenvalue weighted by Crippen LogP contribution is 2.24. The summed E-state index contributed by atoms with van der Waals surface area (Å²) in [7, 11) is 0. The fourth-order valence-electron chi connectivity index (χ4n) is 2.47. The normalized spacial score (nSPS) is 12.7. The van der Waals surface area contributed by atoms with Crippen molar-refractivity contribution in [3.8, 4) is 0 Å². The molecule has 0 fully saturated rings. The van der Waals surface area contributed by atoms with Gasteiger partial charge in [-0.1, -0.05) is 6.92 Å². The van der Waals surface area contributed by atoms with E-state index in [1.165, 1.54) is 10.4 Å². The number of thiophene rings is 1. The standard InChI is InChI=1S/C16H20ClNOS/c1-5-13-6-7-20-15(13)9-18-10(2)8-14(12(18)4)16(19)11(3)17/h6-8,11H,5,9H2,1-4H3. The zero-order valence-electron chi connectivity index (χ0n) is 12.4. The largest absolute Gasteiger partial charge is 0.343 e. The lowest BCUT2D eigenvalue weighted by Gasteiger charge is -2.10. The van der Waals surface area contributed by atoms with Crippen molar-refractivity contribution in [2.45, 2.75) is 46.0 Å². The predicted molar refractivity (Wildman–Crippen MR) is 86.4 cm³/mol. The Kier molecular flexibility index (Phi) is 4.71. The Hall–Kier alpha value is -1.06. The molecule has 0 aromatic carbocycles. The van der Waals surface area contributed by atoms with E-state index < -0.39 is 5.38 Å². The molecule has 0 N–H and O–H groups in total. The molecular formula is C16H20ClNOS. The van der Waals surface area contributed by atoms with Crippen LogP contribution in [0.3, 0.4) is 0 Å². The second-order valence-electron chi connectivity index (χ2n) is 5.07. The highest BCUT2D eigenvalue weighted by atomic mass is 35.5. The van der Waals surface area contributed by atoms with E-state index in [0.717, 1.165) is 29.9 Å². The Morgan fingerprint density at radius 2 is 2.15 bits per heavy atom. The highest BCUT2D eigenvalue weighted by Gasteiger charge is 2.19. The molecule has 0 bridgehead atoms. The molecule has 2 rings (SSSR count). The smallest absolute Gasteiger partial charge is 0.182 e. The van der Waals surface area contributed by atoms with Gasteiger partial charge in [0.15, 0.2) is 5.78 Å². The maximum Gasteiger partial charge on any atom is 0.182 e. The molecule has 1 atom stereocenters. The average Bonchev–Trinajstić information content (AvgIpc) is 2.97. The summed E-state index contributed by atoms with van der Waals surface area (Å²) >= 11 is 7.71. The third-order valence-corrected chi connectivity index (χ3v) is 4.87. The van der Waals surface area contributed by atoms with E-state index >= 15 is 0 Å². The molecule has 2 aromatic heterocycles. The van der Waals surface area contributed by atoms with Crippen LogP contribution in [0.25, 0.3) is 0 Å². The lowest BCUT2D eigenvalue weighted by atomic mass is 10.1. The van der Waals surface area contributed by atoms with Gasteiger partial charge < -0.3 is 4.57 Å². The number of hydrogen-bond donors (Lipinski definition) is 0. The van der Waals surface area contributed by atoms with Crippen LogP contribution in [0.4, 0.5) is 0 Å². The molecule has 0 saturated heterocycles. The third-order valence-electron chi connectivity index (χ3n) is 3.72. The molecule has 1 unspecified atom stereocenters. The van der Waals surface area contributed by atoms with Gasteiger partial charge >= 0.3 is 0 Å². The first-order chi connectivity index (χ1) is 9.45. The summed E-state index contributed by atoms with van der Waals surface area (Å²) in [6, 6.07) is 4.14. The van der Waals surface area contributed by atoms with E-state index in [4.69, 9.17) is 11.6 Å². The number of carbonyl (C=O) groups is 1. The molecule has 0 aliphatic carbocycles. The number of ketones is 1. The van der Waals surface area contributed by atoms with Crippen molar-refractivity contribution in [3.63, 3.8) is 0 Å². The molecular weight excluding hydrogens is 290 g/mol. The van der Waals surface area contributed by atoms with Crippen molar-refractivity contribution < 1.29 is 4.79 Å². The summed E-state index contributed by atoms with van der Waals surface area (Å²) < 4.78 is 2.21. The molecule has 4 heteroatoms. The summed E-state index contributed by atoms with van der Waals surface area (Å²) in [5, 5.41) is 1.66. The van der Waals surface area contributed by atoms with Crippen molar-refractivity contribution in [2.75, 3.05) is 0 Å². The Balaban J connectivity index is 2.36. The second kappa shape index (κ2) is 6.15. The van der Waals surface area contributed by atoms with Crippen LogP contribution in [0.5, 0.6) is 0 Å². The molecule has 0 radical (unpaired) electrons. The fraction of sp³-hybridized carbons (Fsp3) is 0.438. The molecule has 0 saturated carbocycles. The SMILES string of the molecule is CCc1ccsc1Cn1c(C)cc(C(=O)C(C)Cl)c1C. The topological polar surface area (TPSA) is 22.0 Å². The minimum atomic E-state index is -0.475. The van der Waals surface area contributed by atoms with Gasteiger partial charge in [-0.2, -0.15) is 0 Å². The van der Waals surface area contributed by atoms with E-state index in [0.29, 0.717) is 0 Å². The zero-order valence-corrected chi connectivity index (χ0v) is 13.9. The number of aryl methyl sites for hydroxylation is 2. The van der Waals surface area contributed by atoms with Gasteiger partial charge in [-0.05, 0) is 50.3 Å². The van der Waals surface area contributed by atoms with Gasteiger partial charge in [0.05, 0.1) is 11.9 Å². The van der Waals surface area contributed by atoms with Crippen molar-refractivity contribution >= 4 is 28.7 Å². The predicted octanol–water partition coefficient (Wildman–Crippen LogP) is 4.59. The Labute approximate surface area is 129 Å². The number of Topliss-reactive ketones (excluding diaryl/α,β-unsaturated/α-hetero) is 1. The monoisotopic (exact) mass is 309 g/mol. The molecule has 20 heavy (non-hydrogen) atoms. The number of carbonyl (C=O) groups excluding carboxylic acids is 1. The number of alkyl halides is 1. The summed E-state index contributed by atoms with van der Waals surface area (Å²) in [5.74, 6) is 0.00733. The first kappa shape index (κ1) is 15.3. The molecule has 0 aliphatic rings. The molecule has 2 heterocycles. The van der Waals surface area contributed by atoms with Gasteiger partial charge in [-0.3, -0.25) is 4.79 Å². The van der Waals surface area contributed by atoms with E-state index in [1.54, 1.807) is 18.3 Å². The Bertz CT molecular complexity index is 624. The molecule has 0 spiro atoms. The summed E-state index contributed by atoms with van der Waals surface area (Å²) in [6.45, 7) is 8.78. The lowest BCUT2D eigenvalue weighted by Crippen LogP contribution is -2.12. The van der Waals surface area contributed by atoms with Crippen molar-refractivity contribution in [1.29, 1.82) is 0 Å². The van der Waals surface area contributed by atoms with Crippen molar-refractivity contribution in [1.82, 2.24) is 4.57 Å². The van der Waals surface area contributed by atoms with Crippen LogP contribution >= 0.6 is 22.9 Å². The molecule has 0 amide bonds. The first-order valence-electron chi connectivity index (χ1n) is 6.86. The number of halogens is 1. The van der Waals surface area contributed by atoms with Crippen LogP contribution in [-0.4, -0.2) is 15.7 Å². The van der Waals surface area contributed by atoms with Crippen molar-refractivity contribution in [3.05, 3.63) is 44.9 Å². The molecule has 108 valence electrons. The van der Waals surface area contributed by atoms with Crippen LogP contribution in [0.1, 0.15) is 46.0 Å². The number of rotatable bonds is 5.